The number of fused-ring (bicyclic) bond motifs is 1. The summed E-state index contributed by atoms with van der Waals surface area (Å²) in [5.74, 6) is 0.893. The molecule has 0 saturated carbocycles. The summed E-state index contributed by atoms with van der Waals surface area (Å²) in [5, 5.41) is 2.92. The number of hydrogen-bond donors (Lipinski definition) is 1. The van der Waals surface area contributed by atoms with Gasteiger partial charge < -0.3 is 10.1 Å². The van der Waals surface area contributed by atoms with E-state index in [1.807, 2.05) is 24.3 Å². The van der Waals surface area contributed by atoms with Crippen LogP contribution in [0.25, 0.3) is 0 Å². The summed E-state index contributed by atoms with van der Waals surface area (Å²) in [7, 11) is 0. The van der Waals surface area contributed by atoms with Crippen molar-refractivity contribution in [3.05, 3.63) is 29.8 Å². The summed E-state index contributed by atoms with van der Waals surface area (Å²) >= 11 is 0. The molecule has 0 aromatic heterocycles. The third kappa shape index (κ3) is 1.71. The molecule has 1 aromatic rings. The second kappa shape index (κ2) is 3.70. The number of hydrogen-bond acceptors (Lipinski definition) is 2. The normalized spacial score (nSPS) is 19.4. The Morgan fingerprint density at radius 1 is 1.50 bits per heavy atom. The number of benzene rings is 1. The van der Waals surface area contributed by atoms with E-state index in [-0.39, 0.29) is 11.9 Å². The molecule has 0 radical (unpaired) electrons. The lowest BCUT2D eigenvalue weighted by atomic mass is 10.0. The largest absolute Gasteiger partial charge is 0.493 e. The van der Waals surface area contributed by atoms with Crippen LogP contribution < -0.4 is 10.1 Å². The van der Waals surface area contributed by atoms with Gasteiger partial charge in [0, 0.05) is 18.9 Å². The van der Waals surface area contributed by atoms with Crippen LogP contribution in [0.5, 0.6) is 5.75 Å². The van der Waals surface area contributed by atoms with Gasteiger partial charge in [-0.25, -0.2) is 0 Å². The fourth-order valence-electron chi connectivity index (χ4n) is 1.74. The molecule has 1 aliphatic rings. The second-order valence-electron chi connectivity index (χ2n) is 3.43. The van der Waals surface area contributed by atoms with Crippen LogP contribution in [0.2, 0.25) is 0 Å². The van der Waals surface area contributed by atoms with Crippen LogP contribution in [0.15, 0.2) is 24.3 Å². The Morgan fingerprint density at radius 3 is 3.07 bits per heavy atom. The summed E-state index contributed by atoms with van der Waals surface area (Å²) in [6.07, 6.45) is 0.844. The Labute approximate surface area is 83.1 Å². The average Bonchev–Trinajstić information content (AvgIpc) is 2.18. The highest BCUT2D eigenvalue weighted by atomic mass is 16.5. The lowest BCUT2D eigenvalue weighted by Gasteiger charge is -2.26. The fraction of sp³-hybridized carbons (Fsp3) is 0.364. The van der Waals surface area contributed by atoms with Crippen molar-refractivity contribution in [2.24, 2.45) is 0 Å². The van der Waals surface area contributed by atoms with E-state index in [0.29, 0.717) is 6.61 Å². The average molecular weight is 191 g/mol. The van der Waals surface area contributed by atoms with Gasteiger partial charge >= 0.3 is 0 Å². The summed E-state index contributed by atoms with van der Waals surface area (Å²) in [6, 6.07) is 7.94. The van der Waals surface area contributed by atoms with E-state index in [4.69, 9.17) is 4.74 Å². The highest BCUT2D eigenvalue weighted by Gasteiger charge is 2.20. The van der Waals surface area contributed by atoms with Crippen molar-refractivity contribution in [2.75, 3.05) is 6.61 Å². The summed E-state index contributed by atoms with van der Waals surface area (Å²) < 4.78 is 5.48. The van der Waals surface area contributed by atoms with Crippen LogP contribution in [0.1, 0.15) is 24.9 Å². The molecule has 1 amide bonds. The number of ether oxygens (including phenoxy) is 1. The van der Waals surface area contributed by atoms with Gasteiger partial charge in [0.1, 0.15) is 5.75 Å². The fourth-order valence-corrected chi connectivity index (χ4v) is 1.74. The quantitative estimate of drug-likeness (QED) is 0.733. The second-order valence-corrected chi connectivity index (χ2v) is 3.43. The van der Waals surface area contributed by atoms with Crippen LogP contribution in [-0.4, -0.2) is 12.5 Å². The number of carbonyl (C=O) groups is 1. The maximum Gasteiger partial charge on any atom is 0.217 e. The number of rotatable bonds is 1. The van der Waals surface area contributed by atoms with Crippen molar-refractivity contribution in [3.8, 4) is 5.75 Å². The minimum atomic E-state index is 0.00621. The molecule has 0 fully saturated rings. The third-order valence-electron chi connectivity index (χ3n) is 2.34. The van der Waals surface area contributed by atoms with Crippen molar-refractivity contribution >= 4 is 5.91 Å². The maximum atomic E-state index is 11.0. The molecule has 14 heavy (non-hydrogen) atoms. The zero-order valence-electron chi connectivity index (χ0n) is 8.12. The molecule has 1 aromatic carbocycles. The van der Waals surface area contributed by atoms with Gasteiger partial charge in [-0.05, 0) is 6.07 Å². The molecule has 1 aliphatic heterocycles. The minimum absolute atomic E-state index is 0.00621. The first-order valence-electron chi connectivity index (χ1n) is 4.76. The maximum absolute atomic E-state index is 11.0. The first-order valence-corrected chi connectivity index (χ1v) is 4.76. The zero-order chi connectivity index (χ0) is 9.97. The molecular weight excluding hydrogens is 178 g/mol. The first kappa shape index (κ1) is 9.06. The molecule has 0 bridgehead atoms. The molecule has 2 rings (SSSR count). The Morgan fingerprint density at radius 2 is 2.29 bits per heavy atom. The van der Waals surface area contributed by atoms with Gasteiger partial charge in [0.25, 0.3) is 0 Å². The summed E-state index contributed by atoms with van der Waals surface area (Å²) in [6.45, 7) is 2.21. The number of nitrogens with one attached hydrogen (secondary N) is 1. The van der Waals surface area contributed by atoms with Gasteiger partial charge in [-0.1, -0.05) is 18.2 Å². The Balaban J connectivity index is 2.26. The van der Waals surface area contributed by atoms with Gasteiger partial charge in [0.15, 0.2) is 0 Å². The Kier molecular flexibility index (Phi) is 2.39. The molecule has 1 unspecified atom stereocenters. The van der Waals surface area contributed by atoms with Crippen LogP contribution >= 0.6 is 0 Å². The van der Waals surface area contributed by atoms with Crippen LogP contribution in [0.3, 0.4) is 0 Å². The predicted molar refractivity (Wildman–Crippen MR) is 53.1 cm³/mol. The summed E-state index contributed by atoms with van der Waals surface area (Å²) in [4.78, 5) is 11.0. The van der Waals surface area contributed by atoms with Gasteiger partial charge in [-0.2, -0.15) is 0 Å². The van der Waals surface area contributed by atoms with Gasteiger partial charge in [0.05, 0.1) is 12.6 Å². The Hall–Kier alpha value is -1.51. The molecule has 74 valence electrons. The number of amides is 1. The molecule has 1 atom stereocenters. The number of para-hydroxylation sites is 1. The molecule has 1 heterocycles. The predicted octanol–water partition coefficient (Wildman–Crippen LogP) is 1.65. The van der Waals surface area contributed by atoms with E-state index in [2.05, 4.69) is 5.32 Å². The van der Waals surface area contributed by atoms with E-state index in [1.165, 1.54) is 6.92 Å². The summed E-state index contributed by atoms with van der Waals surface area (Å²) in [5.41, 5.74) is 1.08. The minimum Gasteiger partial charge on any atom is -0.493 e. The van der Waals surface area contributed by atoms with Crippen molar-refractivity contribution < 1.29 is 9.53 Å². The monoisotopic (exact) mass is 191 g/mol. The van der Waals surface area contributed by atoms with Gasteiger partial charge in [-0.3, -0.25) is 4.79 Å². The van der Waals surface area contributed by atoms with Crippen molar-refractivity contribution in [1.82, 2.24) is 5.32 Å². The first-order chi connectivity index (χ1) is 6.77. The molecular formula is C11H13NO2. The van der Waals surface area contributed by atoms with E-state index in [1.54, 1.807) is 0 Å². The highest BCUT2D eigenvalue weighted by Crippen LogP contribution is 2.31. The molecule has 1 N–H and O–H groups in total. The van der Waals surface area contributed by atoms with E-state index < -0.39 is 0 Å². The van der Waals surface area contributed by atoms with Crippen LogP contribution in [-0.2, 0) is 4.79 Å². The Bertz CT molecular complexity index is 349. The van der Waals surface area contributed by atoms with E-state index >= 15 is 0 Å². The van der Waals surface area contributed by atoms with E-state index in [9.17, 15) is 4.79 Å². The lowest BCUT2D eigenvalue weighted by Crippen LogP contribution is -2.30. The van der Waals surface area contributed by atoms with Crippen molar-refractivity contribution in [1.29, 1.82) is 0 Å². The van der Waals surface area contributed by atoms with Gasteiger partial charge in [-0.15, -0.1) is 0 Å². The van der Waals surface area contributed by atoms with Crippen molar-refractivity contribution in [2.45, 2.75) is 19.4 Å². The smallest absolute Gasteiger partial charge is 0.217 e. The molecule has 0 spiro atoms. The zero-order valence-corrected chi connectivity index (χ0v) is 8.12. The number of carbonyl (C=O) groups excluding carboxylic acids is 1. The standard InChI is InChI=1S/C11H13NO2/c1-8(13)12-10-6-7-14-11-5-3-2-4-9(10)11/h2-5,10H,6-7H2,1H3,(H,12,13). The van der Waals surface area contributed by atoms with Crippen molar-refractivity contribution in [3.63, 3.8) is 0 Å². The third-order valence-corrected chi connectivity index (χ3v) is 2.34. The van der Waals surface area contributed by atoms with Crippen LogP contribution in [0.4, 0.5) is 0 Å². The molecule has 0 aliphatic carbocycles. The molecule has 3 nitrogen and oxygen atoms in total. The SMILES string of the molecule is CC(=O)NC1CCOc2ccccc21. The van der Waals surface area contributed by atoms with E-state index in [0.717, 1.165) is 17.7 Å². The molecule has 3 heteroatoms. The van der Waals surface area contributed by atoms with Crippen LogP contribution in [0, 0.1) is 0 Å². The topological polar surface area (TPSA) is 38.3 Å². The molecule has 0 saturated heterocycles. The lowest BCUT2D eigenvalue weighted by molar-refractivity contribution is -0.119. The van der Waals surface area contributed by atoms with Gasteiger partial charge in [0.2, 0.25) is 5.91 Å². The highest BCUT2D eigenvalue weighted by molar-refractivity contribution is 5.73.